The lowest BCUT2D eigenvalue weighted by Gasteiger charge is -2.15. The molecule has 1 N–H and O–H groups in total. The Morgan fingerprint density at radius 3 is 2.59 bits per heavy atom. The summed E-state index contributed by atoms with van der Waals surface area (Å²) in [6.45, 7) is 0.298. The number of aliphatic hydroxyl groups excluding tert-OH is 1. The fourth-order valence-electron chi connectivity index (χ4n) is 4.08. The minimum atomic E-state index is -0.149. The van der Waals surface area contributed by atoms with Crippen molar-refractivity contribution in [2.45, 2.75) is 12.8 Å². The van der Waals surface area contributed by atoms with Crippen LogP contribution >= 0.6 is 15.9 Å². The molecule has 5 aromatic rings. The van der Waals surface area contributed by atoms with Crippen molar-refractivity contribution in [2.75, 3.05) is 13.2 Å². The van der Waals surface area contributed by atoms with Crippen molar-refractivity contribution in [2.24, 2.45) is 0 Å². The zero-order valence-corrected chi connectivity index (χ0v) is 18.6. The predicted octanol–water partition coefficient (Wildman–Crippen LogP) is 3.91. The number of aromatic nitrogens is 2. The normalized spacial score (nSPS) is 11.6. The molecule has 3 aromatic heterocycles. The van der Waals surface area contributed by atoms with Gasteiger partial charge in [-0.25, -0.2) is 0 Å². The lowest BCUT2D eigenvalue weighted by molar-refractivity contribution is 0.234. The van der Waals surface area contributed by atoms with E-state index in [-0.39, 0.29) is 17.5 Å². The standard InChI is InChI=1S/C25H19BrN2O4/c26-17-4-5-19-22(10-17)28-14-16(9-15-3-1-6-27-13-15)24(30)20-11-18(32-8-2-7-29)12-21(23(20)28)25(19)31/h1,3-6,10-14,29H,2,7-9H2. The van der Waals surface area contributed by atoms with Gasteiger partial charge in [0.25, 0.3) is 0 Å². The lowest BCUT2D eigenvalue weighted by Crippen LogP contribution is -2.17. The predicted molar refractivity (Wildman–Crippen MR) is 128 cm³/mol. The second kappa shape index (κ2) is 8.33. The van der Waals surface area contributed by atoms with Crippen LogP contribution < -0.4 is 15.6 Å². The number of halogens is 1. The van der Waals surface area contributed by atoms with Crippen LogP contribution in [-0.4, -0.2) is 27.7 Å². The third-order valence-corrected chi connectivity index (χ3v) is 6.04. The molecule has 32 heavy (non-hydrogen) atoms. The van der Waals surface area contributed by atoms with E-state index in [1.807, 2.05) is 34.9 Å². The monoisotopic (exact) mass is 490 g/mol. The average Bonchev–Trinajstić information content (AvgIpc) is 2.80. The summed E-state index contributed by atoms with van der Waals surface area (Å²) in [6.07, 6.45) is 6.15. The maximum absolute atomic E-state index is 13.5. The van der Waals surface area contributed by atoms with Crippen LogP contribution in [0.25, 0.3) is 27.2 Å². The van der Waals surface area contributed by atoms with Crippen molar-refractivity contribution in [1.82, 2.24) is 9.38 Å². The number of benzene rings is 2. The summed E-state index contributed by atoms with van der Waals surface area (Å²) in [5.41, 5.74) is 2.54. The third-order valence-electron chi connectivity index (χ3n) is 5.54. The minimum Gasteiger partial charge on any atom is -0.493 e. The molecular formula is C25H19BrN2O4. The molecule has 0 amide bonds. The second-order valence-corrected chi connectivity index (χ2v) is 8.59. The zero-order valence-electron chi connectivity index (χ0n) is 17.0. The molecule has 0 aliphatic carbocycles. The molecule has 3 heterocycles. The van der Waals surface area contributed by atoms with Gasteiger partial charge in [-0.05, 0) is 42.0 Å². The van der Waals surface area contributed by atoms with E-state index in [4.69, 9.17) is 9.84 Å². The van der Waals surface area contributed by atoms with Gasteiger partial charge in [-0.15, -0.1) is 0 Å². The fourth-order valence-corrected chi connectivity index (χ4v) is 4.43. The summed E-state index contributed by atoms with van der Waals surface area (Å²) < 4.78 is 8.52. The number of ether oxygens (including phenoxy) is 1. The van der Waals surface area contributed by atoms with Crippen LogP contribution in [0.15, 0.2) is 75.1 Å². The van der Waals surface area contributed by atoms with Gasteiger partial charge in [0.05, 0.1) is 28.4 Å². The van der Waals surface area contributed by atoms with E-state index in [1.165, 1.54) is 0 Å². The summed E-state index contributed by atoms with van der Waals surface area (Å²) in [5, 5.41) is 10.5. The second-order valence-electron chi connectivity index (χ2n) is 7.67. The van der Waals surface area contributed by atoms with Crippen LogP contribution in [-0.2, 0) is 6.42 Å². The Kier molecular flexibility index (Phi) is 5.36. The zero-order chi connectivity index (χ0) is 22.2. The van der Waals surface area contributed by atoms with E-state index in [0.29, 0.717) is 52.4 Å². The van der Waals surface area contributed by atoms with Crippen molar-refractivity contribution < 1.29 is 9.84 Å². The van der Waals surface area contributed by atoms with Crippen molar-refractivity contribution in [3.63, 3.8) is 0 Å². The van der Waals surface area contributed by atoms with E-state index >= 15 is 0 Å². The molecular weight excluding hydrogens is 472 g/mol. The summed E-state index contributed by atoms with van der Waals surface area (Å²) in [5.74, 6) is 0.442. The lowest BCUT2D eigenvalue weighted by atomic mass is 10.0. The first-order chi connectivity index (χ1) is 15.6. The van der Waals surface area contributed by atoms with Gasteiger partial charge in [0, 0.05) is 53.5 Å². The van der Waals surface area contributed by atoms with Crippen molar-refractivity contribution in [3.05, 3.63) is 97.1 Å². The molecule has 2 aromatic carbocycles. The Balaban J connectivity index is 1.86. The first-order valence-electron chi connectivity index (χ1n) is 10.3. The topological polar surface area (TPSA) is 80.9 Å². The third kappa shape index (κ3) is 3.53. The van der Waals surface area contributed by atoms with Gasteiger partial charge in [-0.3, -0.25) is 14.6 Å². The molecule has 0 aliphatic heterocycles. The summed E-state index contributed by atoms with van der Waals surface area (Å²) in [7, 11) is 0. The highest BCUT2D eigenvalue weighted by molar-refractivity contribution is 9.10. The van der Waals surface area contributed by atoms with Crippen LogP contribution in [0, 0.1) is 0 Å². The Morgan fingerprint density at radius 2 is 1.84 bits per heavy atom. The molecule has 0 bridgehead atoms. The number of hydrogen-bond acceptors (Lipinski definition) is 5. The van der Waals surface area contributed by atoms with Gasteiger partial charge in [-0.2, -0.15) is 0 Å². The van der Waals surface area contributed by atoms with Gasteiger partial charge in [-0.1, -0.05) is 22.0 Å². The molecule has 0 unspecified atom stereocenters. The van der Waals surface area contributed by atoms with Crippen LogP contribution in [0.5, 0.6) is 5.75 Å². The number of fused-ring (bicyclic) bond motifs is 2. The fraction of sp³-hybridized carbons (Fsp3) is 0.160. The smallest absolute Gasteiger partial charge is 0.197 e. The molecule has 0 aliphatic rings. The van der Waals surface area contributed by atoms with Gasteiger partial charge in [0.1, 0.15) is 5.75 Å². The Labute approximate surface area is 191 Å². The summed E-state index contributed by atoms with van der Waals surface area (Å²) >= 11 is 3.50. The first kappa shape index (κ1) is 20.6. The van der Waals surface area contributed by atoms with Gasteiger partial charge in [0.2, 0.25) is 0 Å². The first-order valence-corrected chi connectivity index (χ1v) is 11.1. The molecule has 5 rings (SSSR count). The van der Waals surface area contributed by atoms with Crippen LogP contribution in [0.4, 0.5) is 0 Å². The highest BCUT2D eigenvalue weighted by Gasteiger charge is 2.18. The maximum atomic E-state index is 13.5. The van der Waals surface area contributed by atoms with Crippen LogP contribution in [0.3, 0.4) is 0 Å². The maximum Gasteiger partial charge on any atom is 0.197 e. The highest BCUT2D eigenvalue weighted by Crippen LogP contribution is 2.28. The van der Waals surface area contributed by atoms with Crippen molar-refractivity contribution >= 4 is 43.1 Å². The van der Waals surface area contributed by atoms with E-state index in [9.17, 15) is 9.59 Å². The van der Waals surface area contributed by atoms with Crippen LogP contribution in [0.2, 0.25) is 0 Å². The number of nitrogens with zero attached hydrogens (tertiary/aromatic N) is 2. The van der Waals surface area contributed by atoms with Gasteiger partial charge < -0.3 is 14.2 Å². The molecule has 0 saturated carbocycles. The van der Waals surface area contributed by atoms with Crippen LogP contribution in [0.1, 0.15) is 17.5 Å². The minimum absolute atomic E-state index is 0.00366. The van der Waals surface area contributed by atoms with Gasteiger partial charge >= 0.3 is 0 Å². The summed E-state index contributed by atoms with van der Waals surface area (Å²) in [6, 6.07) is 12.7. The molecule has 0 radical (unpaired) electrons. The molecule has 0 saturated heterocycles. The van der Waals surface area contributed by atoms with Crippen molar-refractivity contribution in [3.8, 4) is 5.75 Å². The Hall–Kier alpha value is -3.29. The number of aliphatic hydroxyl groups is 1. The SMILES string of the molecule is O=c1c(Cc2cccnc2)cn2c3cc(Br)ccc3c(=O)c3cc(OCCCO)cc1c32. The quantitative estimate of drug-likeness (QED) is 0.221. The average molecular weight is 491 g/mol. The molecule has 0 atom stereocenters. The van der Waals surface area contributed by atoms with Gasteiger partial charge in [0.15, 0.2) is 10.9 Å². The summed E-state index contributed by atoms with van der Waals surface area (Å²) in [4.78, 5) is 31.0. The molecule has 160 valence electrons. The Bertz CT molecular complexity index is 1560. The van der Waals surface area contributed by atoms with E-state index in [2.05, 4.69) is 20.9 Å². The Morgan fingerprint density at radius 1 is 1.03 bits per heavy atom. The molecule has 7 heteroatoms. The molecule has 6 nitrogen and oxygen atoms in total. The largest absolute Gasteiger partial charge is 0.493 e. The number of hydrogen-bond donors (Lipinski definition) is 1. The number of rotatable bonds is 6. The number of pyridine rings is 3. The van der Waals surface area contributed by atoms with Crippen molar-refractivity contribution in [1.29, 1.82) is 0 Å². The van der Waals surface area contributed by atoms with E-state index < -0.39 is 0 Å². The molecule has 0 fully saturated rings. The van der Waals surface area contributed by atoms with E-state index in [0.717, 1.165) is 15.6 Å². The van der Waals surface area contributed by atoms with E-state index in [1.54, 1.807) is 30.6 Å². The molecule has 0 spiro atoms. The highest BCUT2D eigenvalue weighted by atomic mass is 79.9.